The monoisotopic (exact) mass is 532 g/mol. The van der Waals surface area contributed by atoms with Crippen LogP contribution in [0.25, 0.3) is 5.82 Å². The Kier molecular flexibility index (Phi) is 9.23. The minimum Gasteiger partial charge on any atom is -0.513 e. The van der Waals surface area contributed by atoms with Crippen molar-refractivity contribution in [1.82, 2.24) is 19.7 Å². The van der Waals surface area contributed by atoms with Crippen LogP contribution in [0.3, 0.4) is 0 Å². The van der Waals surface area contributed by atoms with Gasteiger partial charge in [-0.2, -0.15) is 18.3 Å². The Labute approximate surface area is 223 Å². The van der Waals surface area contributed by atoms with Gasteiger partial charge >= 0.3 is 6.18 Å². The van der Waals surface area contributed by atoms with Gasteiger partial charge in [-0.3, -0.25) is 0 Å². The lowest BCUT2D eigenvalue weighted by atomic mass is 9.69. The van der Waals surface area contributed by atoms with E-state index in [9.17, 15) is 23.4 Å². The number of hydrogen-bond donors (Lipinski definition) is 2. The molecule has 0 spiro atoms. The molecule has 0 fully saturated rings. The molecule has 208 valence electrons. The van der Waals surface area contributed by atoms with Crippen LogP contribution in [0.4, 0.5) is 13.2 Å². The molecule has 6 nitrogen and oxygen atoms in total. The molecule has 38 heavy (non-hydrogen) atoms. The summed E-state index contributed by atoms with van der Waals surface area (Å²) >= 11 is 0. The standard InChI is InChI=1S/C29H39F3N4O2/c1-7-24-33-15-14-25(34-24)36-27(28(6)17-21(29(30,31)32)13-12-19(28)4)23(26(35-36)18(2)3)11-9-8-10-22(38)16-20(5)37/h12-15,17-19,22,37-38H,5,7-11,16H2,1-4,6H3/t19?,22-,28?/m1/s1. The third kappa shape index (κ3) is 6.54. The molecule has 0 aromatic carbocycles. The molecule has 2 unspecified atom stereocenters. The van der Waals surface area contributed by atoms with Crippen molar-refractivity contribution in [2.24, 2.45) is 5.92 Å². The van der Waals surface area contributed by atoms with Crippen LogP contribution in [-0.4, -0.2) is 42.2 Å². The topological polar surface area (TPSA) is 84.1 Å². The summed E-state index contributed by atoms with van der Waals surface area (Å²) in [6.45, 7) is 13.2. The Hall–Kier alpha value is -2.94. The summed E-state index contributed by atoms with van der Waals surface area (Å²) in [4.78, 5) is 8.96. The summed E-state index contributed by atoms with van der Waals surface area (Å²) in [5.74, 6) is 0.905. The molecule has 3 atom stereocenters. The van der Waals surface area contributed by atoms with Crippen LogP contribution < -0.4 is 0 Å². The number of halogens is 3. The van der Waals surface area contributed by atoms with E-state index in [0.29, 0.717) is 49.4 Å². The number of aromatic nitrogens is 4. The molecule has 2 aromatic heterocycles. The molecule has 0 saturated heterocycles. The predicted molar refractivity (Wildman–Crippen MR) is 142 cm³/mol. The van der Waals surface area contributed by atoms with Crippen LogP contribution in [0.15, 0.2) is 48.4 Å². The number of rotatable bonds is 11. The minimum absolute atomic E-state index is 0.0323. The molecule has 0 aliphatic heterocycles. The second-order valence-corrected chi connectivity index (χ2v) is 10.7. The zero-order valence-electron chi connectivity index (χ0n) is 22.9. The fraction of sp³-hybridized carbons (Fsp3) is 0.552. The highest BCUT2D eigenvalue weighted by Crippen LogP contribution is 2.45. The molecule has 0 saturated carbocycles. The molecule has 1 aliphatic rings. The largest absolute Gasteiger partial charge is 0.513 e. The minimum atomic E-state index is -4.47. The zero-order valence-corrected chi connectivity index (χ0v) is 22.9. The van der Waals surface area contributed by atoms with Crippen molar-refractivity contribution < 1.29 is 23.4 Å². The SMILES string of the molecule is C=C(O)C[C@H](O)CCCCc1c(C(C)C)nn(-c2ccnc(CC)n2)c1C1(C)C=C(C(F)(F)F)C=CC1C. The lowest BCUT2D eigenvalue weighted by Gasteiger charge is -2.36. The number of aryl methyl sites for hydroxylation is 1. The Balaban J connectivity index is 2.15. The molecule has 2 aromatic rings. The van der Waals surface area contributed by atoms with Crippen molar-refractivity contribution >= 4 is 0 Å². The van der Waals surface area contributed by atoms with E-state index in [1.165, 1.54) is 6.08 Å². The van der Waals surface area contributed by atoms with E-state index < -0.39 is 23.3 Å². The first-order valence-corrected chi connectivity index (χ1v) is 13.3. The van der Waals surface area contributed by atoms with Gasteiger partial charge in [0.2, 0.25) is 0 Å². The highest BCUT2D eigenvalue weighted by atomic mass is 19.4. The van der Waals surface area contributed by atoms with Gasteiger partial charge in [-0.15, -0.1) is 0 Å². The average Bonchev–Trinajstić information content (AvgIpc) is 3.23. The number of aliphatic hydroxyl groups excluding tert-OH is 2. The summed E-state index contributed by atoms with van der Waals surface area (Å²) in [5, 5.41) is 24.4. The number of aliphatic hydroxyl groups is 2. The van der Waals surface area contributed by atoms with Crippen LogP contribution in [0.5, 0.6) is 0 Å². The fourth-order valence-corrected chi connectivity index (χ4v) is 5.04. The van der Waals surface area contributed by atoms with Crippen LogP contribution in [0, 0.1) is 5.92 Å². The van der Waals surface area contributed by atoms with E-state index in [4.69, 9.17) is 5.10 Å². The average molecular weight is 533 g/mol. The number of alkyl halides is 3. The van der Waals surface area contributed by atoms with E-state index in [0.717, 1.165) is 17.3 Å². The lowest BCUT2D eigenvalue weighted by molar-refractivity contribution is -0.0892. The van der Waals surface area contributed by atoms with Gasteiger partial charge in [0.15, 0.2) is 5.82 Å². The van der Waals surface area contributed by atoms with Crippen molar-refractivity contribution in [3.8, 4) is 5.82 Å². The maximum atomic E-state index is 13.9. The molecule has 2 heterocycles. The molecule has 2 N–H and O–H groups in total. The number of nitrogens with zero attached hydrogens (tertiary/aromatic N) is 4. The molecule has 3 rings (SSSR count). The maximum Gasteiger partial charge on any atom is 0.416 e. The highest BCUT2D eigenvalue weighted by Gasteiger charge is 2.44. The van der Waals surface area contributed by atoms with E-state index in [-0.39, 0.29) is 24.0 Å². The summed E-state index contributed by atoms with van der Waals surface area (Å²) in [5.41, 5.74) is 0.767. The van der Waals surface area contributed by atoms with Crippen molar-refractivity contribution in [3.05, 3.63) is 71.2 Å². The van der Waals surface area contributed by atoms with Crippen LogP contribution in [0.1, 0.15) is 89.0 Å². The second kappa shape index (κ2) is 11.8. The smallest absolute Gasteiger partial charge is 0.416 e. The third-order valence-corrected chi connectivity index (χ3v) is 7.27. The fourth-order valence-electron chi connectivity index (χ4n) is 5.04. The molecular formula is C29H39F3N4O2. The first-order chi connectivity index (χ1) is 17.8. The number of hydrogen-bond acceptors (Lipinski definition) is 5. The Morgan fingerprint density at radius 2 is 1.97 bits per heavy atom. The van der Waals surface area contributed by atoms with Gasteiger partial charge in [-0.25, -0.2) is 14.6 Å². The Morgan fingerprint density at radius 1 is 1.26 bits per heavy atom. The summed E-state index contributed by atoms with van der Waals surface area (Å²) in [6.07, 6.45) is 3.80. The van der Waals surface area contributed by atoms with Gasteiger partial charge < -0.3 is 10.2 Å². The van der Waals surface area contributed by atoms with Gasteiger partial charge in [-0.05, 0) is 43.6 Å². The van der Waals surface area contributed by atoms with Gasteiger partial charge in [0.1, 0.15) is 5.82 Å². The summed E-state index contributed by atoms with van der Waals surface area (Å²) in [7, 11) is 0. The van der Waals surface area contributed by atoms with Crippen molar-refractivity contribution in [2.45, 2.75) is 96.8 Å². The van der Waals surface area contributed by atoms with Gasteiger partial charge in [-0.1, -0.05) is 58.9 Å². The lowest BCUT2D eigenvalue weighted by Crippen LogP contribution is -2.35. The Morgan fingerprint density at radius 3 is 2.58 bits per heavy atom. The van der Waals surface area contributed by atoms with E-state index >= 15 is 0 Å². The second-order valence-electron chi connectivity index (χ2n) is 10.7. The normalized spacial score (nSPS) is 20.6. The van der Waals surface area contributed by atoms with Crippen LogP contribution in [0.2, 0.25) is 0 Å². The zero-order chi connectivity index (χ0) is 28.3. The number of allylic oxidation sites excluding steroid dienone is 4. The first kappa shape index (κ1) is 29.6. The highest BCUT2D eigenvalue weighted by molar-refractivity contribution is 5.47. The molecule has 0 radical (unpaired) electrons. The first-order valence-electron chi connectivity index (χ1n) is 13.3. The van der Waals surface area contributed by atoms with Gasteiger partial charge in [0, 0.05) is 30.5 Å². The third-order valence-electron chi connectivity index (χ3n) is 7.27. The van der Waals surface area contributed by atoms with Crippen molar-refractivity contribution in [2.75, 3.05) is 0 Å². The summed E-state index contributed by atoms with van der Waals surface area (Å²) < 4.78 is 43.4. The van der Waals surface area contributed by atoms with E-state index in [1.54, 1.807) is 23.0 Å². The predicted octanol–water partition coefficient (Wildman–Crippen LogP) is 6.84. The molecule has 0 bridgehead atoms. The van der Waals surface area contributed by atoms with Gasteiger partial charge in [0.25, 0.3) is 0 Å². The van der Waals surface area contributed by atoms with Crippen molar-refractivity contribution in [3.63, 3.8) is 0 Å². The summed E-state index contributed by atoms with van der Waals surface area (Å²) in [6, 6.07) is 1.74. The van der Waals surface area contributed by atoms with E-state index in [1.807, 2.05) is 34.6 Å². The number of unbranched alkanes of at least 4 members (excludes halogenated alkanes) is 1. The molecule has 9 heteroatoms. The maximum absolute atomic E-state index is 13.9. The quantitative estimate of drug-likeness (QED) is 0.245. The Bertz CT molecular complexity index is 1200. The molecule has 0 amide bonds. The van der Waals surface area contributed by atoms with E-state index in [2.05, 4.69) is 16.5 Å². The van der Waals surface area contributed by atoms with Gasteiger partial charge in [0.05, 0.1) is 28.8 Å². The molecular weight excluding hydrogens is 493 g/mol. The van der Waals surface area contributed by atoms with Crippen LogP contribution in [-0.2, 0) is 18.3 Å². The van der Waals surface area contributed by atoms with Crippen LogP contribution >= 0.6 is 0 Å². The molecule has 1 aliphatic carbocycles. The van der Waals surface area contributed by atoms with Crippen molar-refractivity contribution in [1.29, 1.82) is 0 Å².